The number of carbonyl (C=O) groups excluding carboxylic acids is 1. The van der Waals surface area contributed by atoms with E-state index >= 15 is 0 Å². The number of aromatic nitrogens is 4. The van der Waals surface area contributed by atoms with Gasteiger partial charge in [-0.05, 0) is 6.07 Å². The van der Waals surface area contributed by atoms with E-state index in [4.69, 9.17) is 11.6 Å². The molecule has 0 aliphatic rings. The van der Waals surface area contributed by atoms with E-state index in [-0.39, 0.29) is 11.8 Å². The van der Waals surface area contributed by atoms with Crippen molar-refractivity contribution in [3.63, 3.8) is 0 Å². The van der Waals surface area contributed by atoms with Crippen molar-refractivity contribution < 1.29 is 4.79 Å². The highest BCUT2D eigenvalue weighted by molar-refractivity contribution is 6.29. The Kier molecular flexibility index (Phi) is 3.11. The number of nitrogens with zero attached hydrogens (tertiary/aromatic N) is 4. The molecular formula is C9H8ClN5O. The Morgan fingerprint density at radius 2 is 2.19 bits per heavy atom. The van der Waals surface area contributed by atoms with E-state index in [2.05, 4.69) is 20.4 Å². The van der Waals surface area contributed by atoms with Crippen LogP contribution in [0.25, 0.3) is 5.95 Å². The number of anilines is 1. The Bertz CT molecular complexity index is 484. The molecule has 0 spiro atoms. The normalized spacial score (nSPS) is 10.1. The van der Waals surface area contributed by atoms with E-state index in [0.717, 1.165) is 0 Å². The lowest BCUT2D eigenvalue weighted by Crippen LogP contribution is -2.11. The fraction of sp³-hybridized carbons (Fsp3) is 0.111. The monoisotopic (exact) mass is 237 g/mol. The maximum atomic E-state index is 11.0. The molecule has 0 saturated heterocycles. The molecule has 0 aliphatic carbocycles. The van der Waals surface area contributed by atoms with Gasteiger partial charge >= 0.3 is 0 Å². The lowest BCUT2D eigenvalue weighted by Gasteiger charge is -1.97. The Morgan fingerprint density at radius 1 is 1.44 bits per heavy atom. The SMILES string of the molecule is O=C(CCl)Nc1cnn(-c2ncccn2)c1. The Hall–Kier alpha value is -1.95. The van der Waals surface area contributed by atoms with Crippen molar-refractivity contribution in [2.45, 2.75) is 0 Å². The average Bonchev–Trinajstić information content (AvgIpc) is 2.78. The highest BCUT2D eigenvalue weighted by Gasteiger charge is 2.04. The summed E-state index contributed by atoms with van der Waals surface area (Å²) >= 11 is 5.36. The fourth-order valence-electron chi connectivity index (χ4n) is 1.10. The van der Waals surface area contributed by atoms with Gasteiger partial charge in [-0.1, -0.05) is 0 Å². The third-order valence-corrected chi connectivity index (χ3v) is 1.99. The predicted octanol–water partition coefficient (Wildman–Crippen LogP) is 0.840. The summed E-state index contributed by atoms with van der Waals surface area (Å²) in [7, 11) is 0. The van der Waals surface area contributed by atoms with Crippen molar-refractivity contribution in [2.24, 2.45) is 0 Å². The van der Waals surface area contributed by atoms with Crippen molar-refractivity contribution in [1.82, 2.24) is 19.7 Å². The molecule has 0 atom stereocenters. The standard InChI is InChI=1S/C9H8ClN5O/c10-4-8(16)14-7-5-13-15(6-7)9-11-2-1-3-12-9/h1-3,5-6H,4H2,(H,14,16). The second-order valence-corrected chi connectivity index (χ2v) is 3.17. The van der Waals surface area contributed by atoms with Crippen molar-refractivity contribution in [1.29, 1.82) is 0 Å². The van der Waals surface area contributed by atoms with Crippen LogP contribution >= 0.6 is 11.6 Å². The van der Waals surface area contributed by atoms with E-state index in [1.54, 1.807) is 24.7 Å². The van der Waals surface area contributed by atoms with Gasteiger partial charge in [0.15, 0.2) is 0 Å². The molecule has 2 aromatic rings. The molecule has 2 aromatic heterocycles. The van der Waals surface area contributed by atoms with Crippen LogP contribution in [-0.4, -0.2) is 31.5 Å². The van der Waals surface area contributed by atoms with Crippen LogP contribution in [0.3, 0.4) is 0 Å². The number of alkyl halides is 1. The van der Waals surface area contributed by atoms with Gasteiger partial charge in [-0.25, -0.2) is 14.6 Å². The maximum absolute atomic E-state index is 11.0. The average molecular weight is 238 g/mol. The zero-order chi connectivity index (χ0) is 11.4. The van der Waals surface area contributed by atoms with Crippen LogP contribution in [-0.2, 0) is 4.79 Å². The minimum atomic E-state index is -0.282. The molecule has 1 N–H and O–H groups in total. The van der Waals surface area contributed by atoms with Gasteiger partial charge in [0.1, 0.15) is 5.88 Å². The molecular weight excluding hydrogens is 230 g/mol. The molecule has 0 aromatic carbocycles. The number of hydrogen-bond acceptors (Lipinski definition) is 4. The lowest BCUT2D eigenvalue weighted by atomic mass is 10.5. The topological polar surface area (TPSA) is 72.7 Å². The number of halogens is 1. The number of amides is 1. The third kappa shape index (κ3) is 2.34. The van der Waals surface area contributed by atoms with Gasteiger partial charge in [0.05, 0.1) is 18.1 Å². The molecule has 2 rings (SSSR count). The molecule has 2 heterocycles. The fourth-order valence-corrected chi connectivity index (χ4v) is 1.17. The molecule has 0 radical (unpaired) electrons. The van der Waals surface area contributed by atoms with Crippen LogP contribution in [0.5, 0.6) is 0 Å². The predicted molar refractivity (Wildman–Crippen MR) is 58.5 cm³/mol. The minimum absolute atomic E-state index is 0.0903. The van der Waals surface area contributed by atoms with Gasteiger partial charge < -0.3 is 5.32 Å². The Morgan fingerprint density at radius 3 is 2.88 bits per heavy atom. The zero-order valence-corrected chi connectivity index (χ0v) is 8.92. The van der Waals surface area contributed by atoms with E-state index in [1.807, 2.05) is 0 Å². The van der Waals surface area contributed by atoms with E-state index in [0.29, 0.717) is 11.6 Å². The van der Waals surface area contributed by atoms with Crippen molar-refractivity contribution >= 4 is 23.2 Å². The largest absolute Gasteiger partial charge is 0.322 e. The Balaban J connectivity index is 2.17. The molecule has 1 amide bonds. The zero-order valence-electron chi connectivity index (χ0n) is 8.17. The second kappa shape index (κ2) is 4.71. The number of carbonyl (C=O) groups is 1. The quantitative estimate of drug-likeness (QED) is 0.803. The van der Waals surface area contributed by atoms with Gasteiger partial charge in [-0.3, -0.25) is 4.79 Å². The minimum Gasteiger partial charge on any atom is -0.322 e. The maximum Gasteiger partial charge on any atom is 0.250 e. The van der Waals surface area contributed by atoms with E-state index in [9.17, 15) is 4.79 Å². The summed E-state index contributed by atoms with van der Waals surface area (Å²) < 4.78 is 1.46. The first kappa shape index (κ1) is 10.6. The molecule has 0 aliphatic heterocycles. The van der Waals surface area contributed by atoms with Gasteiger partial charge in [0.2, 0.25) is 11.9 Å². The first-order valence-electron chi connectivity index (χ1n) is 4.47. The molecule has 0 saturated carbocycles. The van der Waals surface area contributed by atoms with Gasteiger partial charge in [0.25, 0.3) is 0 Å². The smallest absolute Gasteiger partial charge is 0.250 e. The van der Waals surface area contributed by atoms with Gasteiger partial charge in [0, 0.05) is 12.4 Å². The first-order valence-corrected chi connectivity index (χ1v) is 5.01. The third-order valence-electron chi connectivity index (χ3n) is 1.74. The molecule has 16 heavy (non-hydrogen) atoms. The van der Waals surface area contributed by atoms with Crippen LogP contribution in [0.4, 0.5) is 5.69 Å². The van der Waals surface area contributed by atoms with Crippen molar-refractivity contribution in [3.05, 3.63) is 30.9 Å². The highest BCUT2D eigenvalue weighted by Crippen LogP contribution is 2.07. The van der Waals surface area contributed by atoms with Crippen molar-refractivity contribution in [3.8, 4) is 5.95 Å². The Labute approximate surface area is 96.3 Å². The molecule has 0 unspecified atom stereocenters. The summed E-state index contributed by atoms with van der Waals surface area (Å²) in [6.07, 6.45) is 6.34. The second-order valence-electron chi connectivity index (χ2n) is 2.90. The highest BCUT2D eigenvalue weighted by atomic mass is 35.5. The number of hydrogen-bond donors (Lipinski definition) is 1. The number of rotatable bonds is 3. The van der Waals surface area contributed by atoms with Gasteiger partial charge in [-0.15, -0.1) is 11.6 Å². The summed E-state index contributed by atoms with van der Waals surface area (Å²) in [5.41, 5.74) is 0.554. The molecule has 0 fully saturated rings. The summed E-state index contributed by atoms with van der Waals surface area (Å²) in [6, 6.07) is 1.71. The molecule has 0 bridgehead atoms. The van der Waals surface area contributed by atoms with Gasteiger partial charge in [-0.2, -0.15) is 5.10 Å². The van der Waals surface area contributed by atoms with Crippen molar-refractivity contribution in [2.75, 3.05) is 11.2 Å². The summed E-state index contributed by atoms with van der Waals surface area (Å²) in [4.78, 5) is 19.0. The summed E-state index contributed by atoms with van der Waals surface area (Å²) in [5, 5.41) is 6.58. The molecule has 7 heteroatoms. The van der Waals surface area contributed by atoms with E-state index in [1.165, 1.54) is 10.9 Å². The summed E-state index contributed by atoms with van der Waals surface area (Å²) in [6.45, 7) is 0. The van der Waals surface area contributed by atoms with Crippen LogP contribution < -0.4 is 5.32 Å². The molecule has 82 valence electrons. The van der Waals surface area contributed by atoms with E-state index < -0.39 is 0 Å². The lowest BCUT2D eigenvalue weighted by molar-refractivity contribution is -0.113. The van der Waals surface area contributed by atoms with Crippen LogP contribution in [0.1, 0.15) is 0 Å². The van der Waals surface area contributed by atoms with Crippen LogP contribution in [0, 0.1) is 0 Å². The first-order chi connectivity index (χ1) is 7.79. The summed E-state index contributed by atoms with van der Waals surface area (Å²) in [5.74, 6) is 0.0663. The molecule has 6 nitrogen and oxygen atoms in total. The van der Waals surface area contributed by atoms with Crippen LogP contribution in [0.15, 0.2) is 30.9 Å². The van der Waals surface area contributed by atoms with Crippen LogP contribution in [0.2, 0.25) is 0 Å². The number of nitrogens with one attached hydrogen (secondary N) is 1.